The van der Waals surface area contributed by atoms with Crippen molar-refractivity contribution in [3.63, 3.8) is 0 Å². The fourth-order valence-corrected chi connectivity index (χ4v) is 2.58. The summed E-state index contributed by atoms with van der Waals surface area (Å²) in [6.45, 7) is 2.47. The molecule has 0 spiro atoms. The molecule has 160 valence electrons. The Morgan fingerprint density at radius 2 is 2.13 bits per heavy atom. The maximum absolute atomic E-state index is 11.5. The number of unbranched alkanes of at least 4 members (excludes halogenated alkanes) is 3. The average molecular weight is 416 g/mol. The number of nitrogens with one attached hydrogen (secondary N) is 1. The molecule has 0 atom stereocenters. The number of benzene rings is 1. The zero-order valence-corrected chi connectivity index (χ0v) is 16.8. The molecular weight excluding hydrogens is 392 g/mol. The van der Waals surface area contributed by atoms with E-state index in [4.69, 9.17) is 14.6 Å². The first-order chi connectivity index (χ1) is 14.5. The number of hydrogen-bond donors (Lipinski definition) is 2. The van der Waals surface area contributed by atoms with Crippen molar-refractivity contribution >= 4 is 23.7 Å². The van der Waals surface area contributed by atoms with Crippen LogP contribution in [0.2, 0.25) is 0 Å². The van der Waals surface area contributed by atoms with Gasteiger partial charge in [0.25, 0.3) is 0 Å². The number of nitro groups is 1. The molecule has 0 radical (unpaired) electrons. The molecule has 10 nitrogen and oxygen atoms in total. The van der Waals surface area contributed by atoms with E-state index in [1.807, 2.05) is 0 Å². The smallest absolute Gasteiger partial charge is 0.337 e. The van der Waals surface area contributed by atoms with Crippen molar-refractivity contribution in [3.8, 4) is 11.5 Å². The third-order valence-electron chi connectivity index (χ3n) is 4.12. The van der Waals surface area contributed by atoms with Crippen LogP contribution in [0.1, 0.15) is 48.5 Å². The lowest BCUT2D eigenvalue weighted by atomic mass is 10.1. The monoisotopic (exact) mass is 416 g/mol. The van der Waals surface area contributed by atoms with Crippen LogP contribution in [0.3, 0.4) is 0 Å². The highest BCUT2D eigenvalue weighted by atomic mass is 16.6. The highest BCUT2D eigenvalue weighted by molar-refractivity contribution is 5.87. The van der Waals surface area contributed by atoms with E-state index < -0.39 is 10.9 Å². The number of pyridine rings is 1. The zero-order chi connectivity index (χ0) is 21.9. The molecule has 30 heavy (non-hydrogen) atoms. The van der Waals surface area contributed by atoms with E-state index in [9.17, 15) is 14.9 Å². The predicted octanol–water partition coefficient (Wildman–Crippen LogP) is 4.10. The lowest BCUT2D eigenvalue weighted by Crippen LogP contribution is -2.04. The predicted molar refractivity (Wildman–Crippen MR) is 112 cm³/mol. The normalized spacial score (nSPS) is 10.7. The van der Waals surface area contributed by atoms with Gasteiger partial charge in [-0.3, -0.25) is 15.5 Å². The number of carboxylic acid groups (broad SMARTS) is 1. The maximum Gasteiger partial charge on any atom is 0.337 e. The van der Waals surface area contributed by atoms with Gasteiger partial charge in [-0.25, -0.2) is 9.78 Å². The number of anilines is 1. The standard InChI is InChI=1S/C20H24N4O6/c1-3-4-5-6-9-30-19-16(24(27)28)10-14(11-17(19)29-2)12-22-23-18-8-7-15(13-21-18)20(25)26/h7-8,10-13H,3-6,9H2,1-2H3,(H,21,23)(H,25,26)/b22-12+. The van der Waals surface area contributed by atoms with E-state index in [2.05, 4.69) is 22.4 Å². The molecule has 1 heterocycles. The van der Waals surface area contributed by atoms with E-state index in [1.54, 1.807) is 6.07 Å². The van der Waals surface area contributed by atoms with Crippen LogP contribution in [0, 0.1) is 10.1 Å². The lowest BCUT2D eigenvalue weighted by molar-refractivity contribution is -0.386. The second-order valence-corrected chi connectivity index (χ2v) is 6.34. The van der Waals surface area contributed by atoms with Crippen molar-refractivity contribution in [1.29, 1.82) is 0 Å². The minimum absolute atomic E-state index is 0.0511. The third kappa shape index (κ3) is 6.43. The first kappa shape index (κ1) is 22.6. The van der Waals surface area contributed by atoms with Crippen LogP contribution in [0.5, 0.6) is 11.5 Å². The molecule has 2 rings (SSSR count). The summed E-state index contributed by atoms with van der Waals surface area (Å²) in [5, 5.41) is 24.4. The minimum Gasteiger partial charge on any atom is -0.493 e. The van der Waals surface area contributed by atoms with Gasteiger partial charge in [0.2, 0.25) is 5.75 Å². The van der Waals surface area contributed by atoms with Crippen LogP contribution in [0.4, 0.5) is 11.5 Å². The van der Waals surface area contributed by atoms with Crippen LogP contribution >= 0.6 is 0 Å². The van der Waals surface area contributed by atoms with Gasteiger partial charge >= 0.3 is 11.7 Å². The SMILES string of the molecule is CCCCCCOc1c(OC)cc(/C=N/Nc2ccc(C(=O)O)cn2)cc1[N+](=O)[O-]. The summed E-state index contributed by atoms with van der Waals surface area (Å²) in [6.07, 6.45) is 6.52. The largest absolute Gasteiger partial charge is 0.493 e. The van der Waals surface area contributed by atoms with Gasteiger partial charge < -0.3 is 14.6 Å². The summed E-state index contributed by atoms with van der Waals surface area (Å²) in [7, 11) is 1.41. The summed E-state index contributed by atoms with van der Waals surface area (Å²) >= 11 is 0. The quantitative estimate of drug-likeness (QED) is 0.228. The number of methoxy groups -OCH3 is 1. The summed E-state index contributed by atoms with van der Waals surface area (Å²) < 4.78 is 10.9. The Labute approximate surface area is 173 Å². The Kier molecular flexibility index (Phi) is 8.55. The molecule has 0 bridgehead atoms. The fraction of sp³-hybridized carbons (Fsp3) is 0.350. The second kappa shape index (κ2) is 11.3. The summed E-state index contributed by atoms with van der Waals surface area (Å²) in [5.74, 6) is -0.422. The first-order valence-corrected chi connectivity index (χ1v) is 9.44. The van der Waals surface area contributed by atoms with Crippen molar-refractivity contribution in [1.82, 2.24) is 4.98 Å². The van der Waals surface area contributed by atoms with Gasteiger partial charge in [0.05, 0.1) is 30.4 Å². The Balaban J connectivity index is 2.13. The molecule has 0 saturated carbocycles. The van der Waals surface area contributed by atoms with Crippen molar-refractivity contribution in [2.75, 3.05) is 19.1 Å². The number of ether oxygens (including phenoxy) is 2. The van der Waals surface area contributed by atoms with Gasteiger partial charge in [0.15, 0.2) is 5.75 Å². The zero-order valence-electron chi connectivity index (χ0n) is 16.8. The summed E-state index contributed by atoms with van der Waals surface area (Å²) in [4.78, 5) is 25.7. The van der Waals surface area contributed by atoms with E-state index in [-0.39, 0.29) is 22.7 Å². The number of aromatic nitrogens is 1. The number of carbonyl (C=O) groups is 1. The van der Waals surface area contributed by atoms with Crippen molar-refractivity contribution in [2.45, 2.75) is 32.6 Å². The van der Waals surface area contributed by atoms with Gasteiger partial charge in [0.1, 0.15) is 5.82 Å². The van der Waals surface area contributed by atoms with Crippen LogP contribution in [-0.4, -0.2) is 40.9 Å². The molecule has 0 fully saturated rings. The fourth-order valence-electron chi connectivity index (χ4n) is 2.58. The molecular formula is C20H24N4O6. The molecule has 0 saturated heterocycles. The van der Waals surface area contributed by atoms with Crippen molar-refractivity contribution in [3.05, 3.63) is 51.7 Å². The average Bonchev–Trinajstić information content (AvgIpc) is 2.74. The first-order valence-electron chi connectivity index (χ1n) is 9.44. The molecule has 10 heteroatoms. The minimum atomic E-state index is -1.08. The van der Waals surface area contributed by atoms with E-state index in [0.717, 1.165) is 25.7 Å². The number of aromatic carboxylic acids is 1. The van der Waals surface area contributed by atoms with E-state index in [1.165, 1.54) is 37.7 Å². The molecule has 0 amide bonds. The van der Waals surface area contributed by atoms with Gasteiger partial charge in [-0.2, -0.15) is 5.10 Å². The number of carboxylic acids is 1. The van der Waals surface area contributed by atoms with Crippen molar-refractivity contribution < 1.29 is 24.3 Å². The van der Waals surface area contributed by atoms with E-state index >= 15 is 0 Å². The Bertz CT molecular complexity index is 899. The van der Waals surface area contributed by atoms with Crippen LogP contribution in [-0.2, 0) is 0 Å². The molecule has 0 aliphatic carbocycles. The molecule has 1 aromatic heterocycles. The van der Waals surface area contributed by atoms with Crippen LogP contribution in [0.15, 0.2) is 35.6 Å². The van der Waals surface area contributed by atoms with E-state index in [0.29, 0.717) is 18.0 Å². The van der Waals surface area contributed by atoms with Crippen LogP contribution < -0.4 is 14.9 Å². The molecule has 2 N–H and O–H groups in total. The lowest BCUT2D eigenvalue weighted by Gasteiger charge is -2.12. The Hall–Kier alpha value is -3.69. The van der Waals surface area contributed by atoms with Crippen LogP contribution in [0.25, 0.3) is 0 Å². The maximum atomic E-state index is 11.5. The van der Waals surface area contributed by atoms with Gasteiger partial charge in [-0.1, -0.05) is 26.2 Å². The summed E-state index contributed by atoms with van der Waals surface area (Å²) in [6, 6.07) is 5.77. The topological polar surface area (TPSA) is 136 Å². The van der Waals surface area contributed by atoms with Crippen molar-refractivity contribution in [2.24, 2.45) is 5.10 Å². The van der Waals surface area contributed by atoms with Gasteiger partial charge in [-0.15, -0.1) is 0 Å². The molecule has 1 aromatic carbocycles. The highest BCUT2D eigenvalue weighted by Crippen LogP contribution is 2.38. The summed E-state index contributed by atoms with van der Waals surface area (Å²) in [5.41, 5.74) is 2.90. The Morgan fingerprint density at radius 3 is 2.73 bits per heavy atom. The van der Waals surface area contributed by atoms with Gasteiger partial charge in [-0.05, 0) is 24.6 Å². The molecule has 0 aliphatic rings. The number of nitro benzene ring substituents is 1. The number of hydrogen-bond acceptors (Lipinski definition) is 8. The third-order valence-corrected chi connectivity index (χ3v) is 4.12. The highest BCUT2D eigenvalue weighted by Gasteiger charge is 2.22. The Morgan fingerprint density at radius 1 is 1.33 bits per heavy atom. The van der Waals surface area contributed by atoms with Gasteiger partial charge in [0, 0.05) is 17.8 Å². The second-order valence-electron chi connectivity index (χ2n) is 6.34. The molecule has 2 aromatic rings. The number of hydrazone groups is 1. The molecule has 0 aliphatic heterocycles. The number of nitrogens with zero attached hydrogens (tertiary/aromatic N) is 3. The number of rotatable bonds is 12. The molecule has 0 unspecified atom stereocenters.